The van der Waals surface area contributed by atoms with Crippen LogP contribution in [0.1, 0.15) is 47.3 Å². The Morgan fingerprint density at radius 3 is 2.64 bits per heavy atom. The summed E-state index contributed by atoms with van der Waals surface area (Å²) < 4.78 is 26.3. The zero-order valence-corrected chi connectivity index (χ0v) is 22.9. The SMILES string of the molecule is O=C(NC1C[C@@H]2C[C@@H]2C[C@H]2CC[C@@H](C(=O)N[C@H]3CNC[C@@H]3F)N2C1=O)c1cc2cc(CP(=O)(O)O)ccc2s1. The van der Waals surface area contributed by atoms with E-state index in [-0.39, 0.29) is 30.6 Å². The smallest absolute Gasteiger partial charge is 0.329 e. The van der Waals surface area contributed by atoms with Crippen LogP contribution in [0.5, 0.6) is 0 Å². The van der Waals surface area contributed by atoms with Gasteiger partial charge in [-0.3, -0.25) is 18.9 Å². The number of halogens is 1. The molecule has 4 aliphatic rings. The standard InChI is InChI=1S/C26H32FN4O6PS/c27-18-10-28-11-20(18)30-24(32)21-3-2-17-7-14-6-15(14)8-19(26(34)31(17)21)29-25(33)23-9-16-5-13(12-38(35,36)37)1-4-22(16)39-23/h1,4-5,9,14-15,17-21,28H,2-3,6-8,10-12H2,(H,29,33)(H,30,32)(H2,35,36,37)/t14-,15+,17-,18+,19?,20+,21+/m1/s1. The first-order chi connectivity index (χ1) is 18.6. The van der Waals surface area contributed by atoms with Gasteiger partial charge in [0.1, 0.15) is 18.3 Å². The number of benzene rings is 1. The number of nitrogens with zero attached hydrogens (tertiary/aromatic N) is 1. The number of carbonyl (C=O) groups is 3. The Morgan fingerprint density at radius 2 is 1.90 bits per heavy atom. The second kappa shape index (κ2) is 10.2. The summed E-state index contributed by atoms with van der Waals surface area (Å²) in [6, 6.07) is 4.58. The molecule has 210 valence electrons. The molecule has 3 aliphatic heterocycles. The lowest BCUT2D eigenvalue weighted by Crippen LogP contribution is -2.58. The molecule has 3 saturated heterocycles. The molecule has 1 aromatic carbocycles. The van der Waals surface area contributed by atoms with Gasteiger partial charge in [-0.2, -0.15) is 0 Å². The van der Waals surface area contributed by atoms with Crippen molar-refractivity contribution in [3.8, 4) is 0 Å². The molecule has 1 aromatic heterocycles. The zero-order valence-electron chi connectivity index (χ0n) is 21.2. The van der Waals surface area contributed by atoms with Gasteiger partial charge >= 0.3 is 7.60 Å². The fourth-order valence-corrected chi connectivity index (χ4v) is 8.10. The fraction of sp³-hybridized carbons (Fsp3) is 0.577. The lowest BCUT2D eigenvalue weighted by molar-refractivity contribution is -0.143. The highest BCUT2D eigenvalue weighted by Crippen LogP contribution is 2.49. The van der Waals surface area contributed by atoms with Gasteiger partial charge in [0.2, 0.25) is 11.8 Å². The molecule has 3 amide bonds. The summed E-state index contributed by atoms with van der Waals surface area (Å²) in [4.78, 5) is 60.9. The predicted molar refractivity (Wildman–Crippen MR) is 143 cm³/mol. The van der Waals surface area contributed by atoms with Gasteiger partial charge in [-0.15, -0.1) is 11.3 Å². The topological polar surface area (TPSA) is 148 Å². The molecular formula is C26H32FN4O6PS. The monoisotopic (exact) mass is 578 g/mol. The van der Waals surface area contributed by atoms with E-state index in [0.29, 0.717) is 53.5 Å². The van der Waals surface area contributed by atoms with E-state index in [1.54, 1.807) is 29.2 Å². The van der Waals surface area contributed by atoms with Crippen LogP contribution >= 0.6 is 18.9 Å². The predicted octanol–water partition coefficient (Wildman–Crippen LogP) is 1.89. The summed E-state index contributed by atoms with van der Waals surface area (Å²) in [5.74, 6) is -0.155. The van der Waals surface area contributed by atoms with Crippen LogP contribution in [0.25, 0.3) is 10.1 Å². The Kier molecular flexibility index (Phi) is 7.04. The molecule has 0 bridgehead atoms. The lowest BCUT2D eigenvalue weighted by atomic mass is 9.99. The first-order valence-electron chi connectivity index (χ1n) is 13.4. The summed E-state index contributed by atoms with van der Waals surface area (Å²) in [6.07, 6.45) is 2.06. The number of amides is 3. The number of carbonyl (C=O) groups excluding carboxylic acids is 3. The number of thiophene rings is 1. The molecule has 13 heteroatoms. The van der Waals surface area contributed by atoms with E-state index in [4.69, 9.17) is 0 Å². The van der Waals surface area contributed by atoms with Crippen molar-refractivity contribution in [2.45, 2.75) is 68.6 Å². The van der Waals surface area contributed by atoms with Crippen LogP contribution in [0, 0.1) is 11.8 Å². The number of fused-ring (bicyclic) bond motifs is 3. The van der Waals surface area contributed by atoms with Crippen molar-refractivity contribution in [1.82, 2.24) is 20.9 Å². The van der Waals surface area contributed by atoms with Crippen LogP contribution in [0.4, 0.5) is 4.39 Å². The minimum absolute atomic E-state index is 0.0670. The highest BCUT2D eigenvalue weighted by Gasteiger charge is 2.51. The summed E-state index contributed by atoms with van der Waals surface area (Å²) in [5, 5.41) is 9.35. The summed E-state index contributed by atoms with van der Waals surface area (Å²) in [7, 11) is -4.22. The van der Waals surface area contributed by atoms with Gasteiger partial charge < -0.3 is 30.6 Å². The molecular weight excluding hydrogens is 546 g/mol. The second-order valence-electron chi connectivity index (χ2n) is 11.3. The highest BCUT2D eigenvalue weighted by molar-refractivity contribution is 7.50. The third kappa shape index (κ3) is 5.63. The Morgan fingerprint density at radius 1 is 1.10 bits per heavy atom. The minimum Gasteiger partial charge on any atom is -0.347 e. The maximum absolute atomic E-state index is 14.1. The number of rotatable bonds is 6. The normalized spacial score (nSPS) is 32.3. The molecule has 0 radical (unpaired) electrons. The molecule has 10 nitrogen and oxygen atoms in total. The second-order valence-corrected chi connectivity index (χ2v) is 14.1. The molecule has 4 fully saturated rings. The molecule has 39 heavy (non-hydrogen) atoms. The molecule has 4 heterocycles. The number of hydrogen-bond donors (Lipinski definition) is 5. The van der Waals surface area contributed by atoms with Crippen LogP contribution in [0.15, 0.2) is 24.3 Å². The van der Waals surface area contributed by atoms with Crippen LogP contribution in [-0.2, 0) is 20.3 Å². The molecule has 1 saturated carbocycles. The molecule has 1 aliphatic carbocycles. The largest absolute Gasteiger partial charge is 0.347 e. The van der Waals surface area contributed by atoms with Crippen LogP contribution in [0.2, 0.25) is 0 Å². The quantitative estimate of drug-likeness (QED) is 0.329. The van der Waals surface area contributed by atoms with Crippen molar-refractivity contribution in [3.63, 3.8) is 0 Å². The van der Waals surface area contributed by atoms with E-state index in [1.165, 1.54) is 11.3 Å². The fourth-order valence-electron chi connectivity index (χ4n) is 6.48. The van der Waals surface area contributed by atoms with Crippen LogP contribution in [-0.4, -0.2) is 75.8 Å². The van der Waals surface area contributed by atoms with Crippen molar-refractivity contribution in [2.24, 2.45) is 11.8 Å². The van der Waals surface area contributed by atoms with E-state index < -0.39 is 37.8 Å². The summed E-state index contributed by atoms with van der Waals surface area (Å²) in [6.45, 7) is 0.552. The van der Waals surface area contributed by atoms with E-state index in [0.717, 1.165) is 17.5 Å². The van der Waals surface area contributed by atoms with Gasteiger partial charge in [0.25, 0.3) is 5.91 Å². The number of alkyl halides is 1. The number of hydrogen-bond acceptors (Lipinski definition) is 6. The van der Waals surface area contributed by atoms with Crippen LogP contribution < -0.4 is 16.0 Å². The van der Waals surface area contributed by atoms with E-state index in [1.807, 2.05) is 0 Å². The molecule has 0 spiro atoms. The third-order valence-electron chi connectivity index (χ3n) is 8.51. The van der Waals surface area contributed by atoms with Gasteiger partial charge in [0, 0.05) is 23.8 Å². The Hall–Kier alpha value is -2.37. The summed E-state index contributed by atoms with van der Waals surface area (Å²) >= 11 is 1.25. The van der Waals surface area contributed by atoms with Crippen molar-refractivity contribution in [2.75, 3.05) is 13.1 Å². The van der Waals surface area contributed by atoms with Crippen molar-refractivity contribution in [3.05, 3.63) is 34.7 Å². The van der Waals surface area contributed by atoms with Gasteiger partial charge in [0.15, 0.2) is 0 Å². The van der Waals surface area contributed by atoms with Gasteiger partial charge in [-0.05, 0) is 73.1 Å². The van der Waals surface area contributed by atoms with Gasteiger partial charge in [-0.25, -0.2) is 4.39 Å². The van der Waals surface area contributed by atoms with Crippen molar-refractivity contribution < 1.29 is 33.1 Å². The van der Waals surface area contributed by atoms with E-state index in [2.05, 4.69) is 16.0 Å². The average Bonchev–Trinajstić information content (AvgIpc) is 3.18. The molecule has 7 atom stereocenters. The van der Waals surface area contributed by atoms with Crippen molar-refractivity contribution in [1.29, 1.82) is 0 Å². The first-order valence-corrected chi connectivity index (χ1v) is 16.0. The van der Waals surface area contributed by atoms with Crippen LogP contribution in [0.3, 0.4) is 0 Å². The van der Waals surface area contributed by atoms with Gasteiger partial charge in [-0.1, -0.05) is 6.07 Å². The average molecular weight is 579 g/mol. The molecule has 2 aromatic rings. The van der Waals surface area contributed by atoms with E-state index >= 15 is 0 Å². The summed E-state index contributed by atoms with van der Waals surface area (Å²) in [5.41, 5.74) is 0.479. The Labute approximate surface area is 228 Å². The first kappa shape index (κ1) is 26.8. The van der Waals surface area contributed by atoms with Crippen molar-refractivity contribution >= 4 is 46.7 Å². The minimum atomic E-state index is -4.22. The Bertz CT molecular complexity index is 1370. The number of nitrogens with one attached hydrogen (secondary N) is 3. The van der Waals surface area contributed by atoms with Gasteiger partial charge in [0.05, 0.1) is 17.1 Å². The Balaban J connectivity index is 1.19. The molecule has 1 unspecified atom stereocenters. The highest BCUT2D eigenvalue weighted by atomic mass is 32.1. The molecule has 5 N–H and O–H groups in total. The lowest BCUT2D eigenvalue weighted by Gasteiger charge is -2.35. The maximum Gasteiger partial charge on any atom is 0.329 e. The maximum atomic E-state index is 14.1. The molecule has 6 rings (SSSR count). The third-order valence-corrected chi connectivity index (χ3v) is 10.4. The van der Waals surface area contributed by atoms with E-state index in [9.17, 15) is 33.1 Å². The zero-order chi connectivity index (χ0) is 27.5.